The molecule has 30 heavy (non-hydrogen) atoms. The van der Waals surface area contributed by atoms with Crippen LogP contribution in [0.5, 0.6) is 5.75 Å². The van der Waals surface area contributed by atoms with Crippen molar-refractivity contribution in [1.82, 2.24) is 4.57 Å². The highest BCUT2D eigenvalue weighted by Crippen LogP contribution is 2.38. The van der Waals surface area contributed by atoms with Gasteiger partial charge in [0.15, 0.2) is 0 Å². The maximum absolute atomic E-state index is 13.4. The molecule has 1 aromatic heterocycles. The second-order valence-electron chi connectivity index (χ2n) is 7.74. The minimum atomic E-state index is -4.53. The predicted molar refractivity (Wildman–Crippen MR) is 110 cm³/mol. The van der Waals surface area contributed by atoms with E-state index < -0.39 is 20.4 Å². The van der Waals surface area contributed by atoms with Crippen LogP contribution in [0.4, 0.5) is 13.2 Å². The van der Waals surface area contributed by atoms with Gasteiger partial charge in [-0.2, -0.15) is 13.2 Å². The summed E-state index contributed by atoms with van der Waals surface area (Å²) in [7, 11) is -0.476. The van der Waals surface area contributed by atoms with Crippen molar-refractivity contribution in [1.29, 1.82) is 0 Å². The second-order valence-corrected chi connectivity index (χ2v) is 9.43. The molecule has 0 N–H and O–H groups in total. The van der Waals surface area contributed by atoms with Gasteiger partial charge < -0.3 is 13.8 Å². The van der Waals surface area contributed by atoms with Gasteiger partial charge in [-0.05, 0) is 66.2 Å². The van der Waals surface area contributed by atoms with E-state index >= 15 is 0 Å². The van der Waals surface area contributed by atoms with E-state index in [2.05, 4.69) is 0 Å². The summed E-state index contributed by atoms with van der Waals surface area (Å²) in [6.07, 6.45) is -0.837. The number of aromatic nitrogens is 1. The van der Waals surface area contributed by atoms with E-state index in [1.54, 1.807) is 31.8 Å². The van der Waals surface area contributed by atoms with Crippen molar-refractivity contribution in [3.8, 4) is 16.9 Å². The molecule has 1 aliphatic rings. The summed E-state index contributed by atoms with van der Waals surface area (Å²) in [5.74, 6) is 0.989. The van der Waals surface area contributed by atoms with Crippen LogP contribution in [0.15, 0.2) is 47.4 Å². The van der Waals surface area contributed by atoms with E-state index in [0.29, 0.717) is 34.6 Å². The molecule has 0 bridgehead atoms. The number of hydrogen-bond donors (Lipinski definition) is 0. The molecule has 0 amide bonds. The highest BCUT2D eigenvalue weighted by molar-refractivity contribution is 6.58. The Morgan fingerprint density at radius 2 is 1.83 bits per heavy atom. The van der Waals surface area contributed by atoms with Gasteiger partial charge in [0, 0.05) is 29.8 Å². The molecule has 2 aromatic carbocycles. The third-order valence-electron chi connectivity index (χ3n) is 5.36. The summed E-state index contributed by atoms with van der Waals surface area (Å²) in [4.78, 5) is 12.6. The number of halogens is 3. The van der Waals surface area contributed by atoms with Gasteiger partial charge in [-0.15, -0.1) is 0 Å². The molecule has 1 aliphatic carbocycles. The Kier molecular flexibility index (Phi) is 5.13. The highest BCUT2D eigenvalue weighted by Gasteiger charge is 2.31. The van der Waals surface area contributed by atoms with E-state index in [-0.39, 0.29) is 16.3 Å². The third-order valence-corrected chi connectivity index (χ3v) is 6.48. The molecule has 0 aliphatic heterocycles. The topological polar surface area (TPSA) is 48.3 Å². The number of hydrogen-bond acceptors (Lipinski definition) is 3. The molecule has 0 atom stereocenters. The number of ether oxygens (including phenoxy) is 1. The summed E-state index contributed by atoms with van der Waals surface area (Å²) < 4.78 is 59.5. The van der Waals surface area contributed by atoms with Crippen LogP contribution in [0.2, 0.25) is 6.55 Å². The molecule has 8 heteroatoms. The Bertz CT molecular complexity index is 1210. The molecule has 1 fully saturated rings. The number of alkyl halides is 3. The summed E-state index contributed by atoms with van der Waals surface area (Å²) in [6.45, 7) is 2.13. The molecule has 3 aromatic rings. The second kappa shape index (κ2) is 7.50. The minimum absolute atomic E-state index is 0.186. The third kappa shape index (κ3) is 3.96. The van der Waals surface area contributed by atoms with Crippen LogP contribution in [-0.4, -0.2) is 19.9 Å². The van der Waals surface area contributed by atoms with Crippen molar-refractivity contribution in [2.75, 3.05) is 6.61 Å². The average Bonchev–Trinajstić information content (AvgIpc) is 3.52. The molecule has 156 valence electrons. The van der Waals surface area contributed by atoms with Crippen LogP contribution in [0.25, 0.3) is 21.9 Å². The lowest BCUT2D eigenvalue weighted by molar-refractivity contribution is -0.137. The summed E-state index contributed by atoms with van der Waals surface area (Å²) in [5, 5.41) is 0.977. The first-order valence-electron chi connectivity index (χ1n) is 9.64. The van der Waals surface area contributed by atoms with E-state index in [1.807, 2.05) is 0 Å². The number of fused-ring (bicyclic) bond motifs is 1. The molecule has 0 saturated heterocycles. The summed E-state index contributed by atoms with van der Waals surface area (Å²) in [6, 6.07) is 8.25. The van der Waals surface area contributed by atoms with Crippen molar-refractivity contribution in [2.45, 2.75) is 25.6 Å². The number of nitrogens with zero attached hydrogens (tertiary/aromatic N) is 1. The van der Waals surface area contributed by atoms with Gasteiger partial charge >= 0.3 is 14.9 Å². The first kappa shape index (κ1) is 20.5. The Morgan fingerprint density at radius 3 is 2.47 bits per heavy atom. The number of aryl methyl sites for hydroxylation is 1. The van der Waals surface area contributed by atoms with Gasteiger partial charge in [0.05, 0.1) is 12.2 Å². The van der Waals surface area contributed by atoms with E-state index in [4.69, 9.17) is 4.74 Å². The molecule has 4 nitrogen and oxygen atoms in total. The maximum Gasteiger partial charge on any atom is 0.416 e. The Labute approximate surface area is 172 Å². The molecular formula is C22H20F3NO3Si. The van der Waals surface area contributed by atoms with Crippen molar-refractivity contribution < 1.29 is 22.4 Å². The van der Waals surface area contributed by atoms with Gasteiger partial charge in [0.25, 0.3) is 5.56 Å². The smallest absolute Gasteiger partial charge is 0.416 e. The number of pyridine rings is 1. The molecule has 0 radical (unpaired) electrons. The van der Waals surface area contributed by atoms with Crippen LogP contribution < -0.4 is 15.5 Å². The van der Waals surface area contributed by atoms with Gasteiger partial charge in [0.1, 0.15) is 5.75 Å². The predicted octanol–water partition coefficient (Wildman–Crippen LogP) is 4.27. The van der Waals surface area contributed by atoms with Crippen LogP contribution in [-0.2, 0) is 17.7 Å². The minimum Gasteiger partial charge on any atom is -0.493 e. The lowest BCUT2D eigenvalue weighted by atomic mass is 9.98. The Morgan fingerprint density at radius 1 is 1.10 bits per heavy atom. The van der Waals surface area contributed by atoms with Crippen LogP contribution in [0, 0.1) is 5.92 Å². The normalized spacial score (nSPS) is 14.2. The van der Waals surface area contributed by atoms with E-state index in [9.17, 15) is 22.4 Å². The quantitative estimate of drug-likeness (QED) is 0.567. The fourth-order valence-corrected chi connectivity index (χ4v) is 4.10. The van der Waals surface area contributed by atoms with Gasteiger partial charge in [-0.25, -0.2) is 0 Å². The highest BCUT2D eigenvalue weighted by atomic mass is 28.3. The van der Waals surface area contributed by atoms with E-state index in [0.717, 1.165) is 25.0 Å². The first-order valence-corrected chi connectivity index (χ1v) is 11.5. The van der Waals surface area contributed by atoms with E-state index in [1.165, 1.54) is 16.8 Å². The lowest BCUT2D eigenvalue weighted by Crippen LogP contribution is -2.19. The van der Waals surface area contributed by atoms with Crippen molar-refractivity contribution in [3.63, 3.8) is 0 Å². The van der Waals surface area contributed by atoms with Gasteiger partial charge in [-0.3, -0.25) is 4.79 Å². The molecule has 1 saturated carbocycles. The summed E-state index contributed by atoms with van der Waals surface area (Å²) in [5.41, 5.74) is -0.240. The zero-order chi connectivity index (χ0) is 21.6. The fraction of sp³-hybridized carbons (Fsp3) is 0.318. The molecule has 4 rings (SSSR count). The van der Waals surface area contributed by atoms with Crippen LogP contribution in [0.1, 0.15) is 18.4 Å². The molecule has 1 heterocycles. The van der Waals surface area contributed by atoms with Crippen molar-refractivity contribution >= 4 is 24.6 Å². The first-order chi connectivity index (χ1) is 14.1. The Balaban J connectivity index is 1.99. The largest absolute Gasteiger partial charge is 0.493 e. The zero-order valence-electron chi connectivity index (χ0n) is 16.5. The SMILES string of the molecule is Cn1cc(-c2cc([Si](C)=O)ccc2OCC2CC2)c2cc(C(F)(F)F)ccc2c1=O. The summed E-state index contributed by atoms with van der Waals surface area (Å²) >= 11 is 0. The fourth-order valence-electron chi connectivity index (χ4n) is 3.43. The Hall–Kier alpha value is -2.74. The standard InChI is InChI=1S/C22H20F3NO3Si/c1-26-11-19(17-9-14(22(23,24)25)5-7-16(17)21(26)27)18-10-15(30(2)28)6-8-20(18)29-12-13-3-4-13/h5-11,13H,3-4,12H2,1-2H3. The van der Waals surface area contributed by atoms with Gasteiger partial charge in [0.2, 0.25) is 0 Å². The maximum atomic E-state index is 13.4. The van der Waals surface area contributed by atoms with Crippen molar-refractivity contribution in [2.24, 2.45) is 13.0 Å². The molecular weight excluding hydrogens is 411 g/mol. The van der Waals surface area contributed by atoms with Crippen LogP contribution >= 0.6 is 0 Å². The lowest BCUT2D eigenvalue weighted by Gasteiger charge is -2.16. The molecule has 0 unspecified atom stereocenters. The molecule has 0 spiro atoms. The monoisotopic (exact) mass is 431 g/mol. The van der Waals surface area contributed by atoms with Crippen LogP contribution in [0.3, 0.4) is 0 Å². The number of rotatable bonds is 5. The number of benzene rings is 2. The average molecular weight is 431 g/mol. The van der Waals surface area contributed by atoms with Gasteiger partial charge in [-0.1, -0.05) is 6.07 Å². The van der Waals surface area contributed by atoms with Crippen molar-refractivity contribution in [3.05, 3.63) is 58.5 Å². The zero-order valence-corrected chi connectivity index (χ0v) is 17.5.